The molecule has 2 atom stereocenters. The van der Waals surface area contributed by atoms with Crippen LogP contribution < -0.4 is 0 Å². The molecular formula is C26H29FeNO4S+2. The first-order chi connectivity index (χ1) is 15.2. The largest absolute Gasteiger partial charge is 2.00 e. The molecule has 3 aliphatic rings. The van der Waals surface area contributed by atoms with Crippen molar-refractivity contribution in [2.45, 2.75) is 30.8 Å². The fourth-order valence-corrected chi connectivity index (χ4v) is 5.06. The van der Waals surface area contributed by atoms with Crippen LogP contribution in [0.2, 0.25) is 0 Å². The van der Waals surface area contributed by atoms with Crippen LogP contribution in [-0.2, 0) is 31.9 Å². The van der Waals surface area contributed by atoms with Crippen molar-refractivity contribution in [3.8, 4) is 0 Å². The van der Waals surface area contributed by atoms with Crippen molar-refractivity contribution in [1.82, 2.24) is 4.31 Å². The maximum absolute atomic E-state index is 12.9. The molecule has 2 aliphatic carbocycles. The molecule has 1 heterocycles. The summed E-state index contributed by atoms with van der Waals surface area (Å²) in [4.78, 5) is 12.9. The van der Waals surface area contributed by atoms with Gasteiger partial charge in [0.25, 0.3) is 0 Å². The summed E-state index contributed by atoms with van der Waals surface area (Å²) >= 11 is 0. The van der Waals surface area contributed by atoms with Crippen LogP contribution in [0.1, 0.15) is 18.9 Å². The smallest absolute Gasteiger partial charge is 0.389 e. The van der Waals surface area contributed by atoms with E-state index >= 15 is 0 Å². The standard InChI is InChI=1S/C21H24NO4S.C5H5.Fe/c1-16-7-10-18(11-8-16)27(25,26)22-14-13-21(2,24)19(15-22)20(23)12-9-17-5-3-4-6-17;1-2-4-5-3-1;/h3-12,19,24H,13-15H2,1-2H3;1-5H;/q;;+2/b12-9+;;/t19-,21-;;/m1../s1. The molecule has 0 unspecified atom stereocenters. The SMILES string of the molecule is Cc1ccc(S(=O)(=O)N2CC[C@@](C)(O)[C@@H](C(=O)/C=C/[C]3[CH][CH][CH][CH]3)C2)cc1.[CH]1[CH][CH][CH][CH]1.[Fe+2]. The van der Waals surface area contributed by atoms with E-state index in [1.165, 1.54) is 10.4 Å². The third-order valence-electron chi connectivity index (χ3n) is 5.69. The van der Waals surface area contributed by atoms with Gasteiger partial charge in [0.1, 0.15) is 0 Å². The number of aliphatic hydroxyl groups is 1. The molecule has 0 spiro atoms. The molecule has 0 aromatic heterocycles. The molecule has 1 saturated heterocycles. The van der Waals surface area contributed by atoms with Gasteiger partial charge in [0.05, 0.1) is 16.4 Å². The molecule has 1 aliphatic heterocycles. The van der Waals surface area contributed by atoms with Crippen LogP contribution in [0.25, 0.3) is 0 Å². The Hall–Kier alpha value is -0.981. The molecule has 33 heavy (non-hydrogen) atoms. The van der Waals surface area contributed by atoms with Gasteiger partial charge in [-0.2, -0.15) is 4.31 Å². The van der Waals surface area contributed by atoms with Gasteiger partial charge in [0.2, 0.25) is 10.0 Å². The van der Waals surface area contributed by atoms with Gasteiger partial charge in [-0.05, 0) is 96.3 Å². The molecule has 7 heteroatoms. The van der Waals surface area contributed by atoms with Gasteiger partial charge < -0.3 is 5.11 Å². The zero-order chi connectivity index (χ0) is 23.2. The average Bonchev–Trinajstić information content (AvgIpc) is 3.49. The van der Waals surface area contributed by atoms with E-state index in [-0.39, 0.29) is 47.3 Å². The van der Waals surface area contributed by atoms with Crippen molar-refractivity contribution < 1.29 is 35.4 Å². The van der Waals surface area contributed by atoms with Crippen LogP contribution >= 0.6 is 0 Å². The summed E-state index contributed by atoms with van der Waals surface area (Å²) in [7, 11) is -3.71. The number of rotatable bonds is 5. The second-order valence-corrected chi connectivity index (χ2v) is 10.2. The third-order valence-corrected chi connectivity index (χ3v) is 7.57. The molecule has 1 N–H and O–H groups in total. The minimum absolute atomic E-state index is 0. The molecule has 3 fully saturated rings. The molecule has 2 saturated carbocycles. The average molecular weight is 507 g/mol. The van der Waals surface area contributed by atoms with Gasteiger partial charge in [-0.25, -0.2) is 8.42 Å². The van der Waals surface area contributed by atoms with Crippen LogP contribution in [0, 0.1) is 76.5 Å². The Morgan fingerprint density at radius 3 is 2.12 bits per heavy atom. The van der Waals surface area contributed by atoms with Gasteiger partial charge in [-0.15, -0.1) is 0 Å². The summed E-state index contributed by atoms with van der Waals surface area (Å²) in [6, 6.07) is 6.64. The minimum atomic E-state index is -3.71. The van der Waals surface area contributed by atoms with E-state index in [1.54, 1.807) is 37.3 Å². The fourth-order valence-electron chi connectivity index (χ4n) is 3.61. The molecule has 4 rings (SSSR count). The number of ketones is 1. The van der Waals surface area contributed by atoms with Gasteiger partial charge in [-0.3, -0.25) is 4.79 Å². The monoisotopic (exact) mass is 507 g/mol. The molecular weight excluding hydrogens is 478 g/mol. The van der Waals surface area contributed by atoms with E-state index in [1.807, 2.05) is 64.7 Å². The van der Waals surface area contributed by atoms with Gasteiger partial charge in [0.15, 0.2) is 5.78 Å². The van der Waals surface area contributed by atoms with E-state index in [4.69, 9.17) is 0 Å². The first kappa shape index (κ1) is 28.3. The number of aryl methyl sites for hydroxylation is 1. The number of allylic oxidation sites excluding steroid dienone is 2. The number of benzene rings is 1. The number of hydrogen-bond acceptors (Lipinski definition) is 4. The number of hydrogen-bond donors (Lipinski definition) is 1. The number of sulfonamides is 1. The third kappa shape index (κ3) is 7.76. The molecule has 1 aromatic carbocycles. The summed E-state index contributed by atoms with van der Waals surface area (Å²) in [6.45, 7) is 3.64. The van der Waals surface area contributed by atoms with Gasteiger partial charge in [-0.1, -0.05) is 23.8 Å². The molecule has 174 valence electrons. The van der Waals surface area contributed by atoms with Gasteiger partial charge >= 0.3 is 17.1 Å². The predicted octanol–water partition coefficient (Wildman–Crippen LogP) is 3.31. The Kier molecular flexibility index (Phi) is 10.8. The first-order valence-corrected chi connectivity index (χ1v) is 12.0. The quantitative estimate of drug-likeness (QED) is 0.491. The topological polar surface area (TPSA) is 74.7 Å². The summed E-state index contributed by atoms with van der Waals surface area (Å²) in [5.74, 6) is -0.189. The van der Waals surface area contributed by atoms with E-state index in [0.29, 0.717) is 0 Å². The maximum atomic E-state index is 12.9. The van der Waals surface area contributed by atoms with Crippen molar-refractivity contribution in [2.75, 3.05) is 13.1 Å². The number of nitrogens with zero attached hydrogens (tertiary/aromatic N) is 1. The summed E-state index contributed by atoms with van der Waals surface area (Å²) < 4.78 is 27.2. The minimum Gasteiger partial charge on any atom is -0.389 e. The van der Waals surface area contributed by atoms with Crippen molar-refractivity contribution in [3.05, 3.63) is 106 Å². The van der Waals surface area contributed by atoms with E-state index in [9.17, 15) is 18.3 Å². The van der Waals surface area contributed by atoms with E-state index in [2.05, 4.69) is 0 Å². The second-order valence-electron chi connectivity index (χ2n) is 8.25. The first-order valence-electron chi connectivity index (χ1n) is 10.6. The van der Waals surface area contributed by atoms with E-state index < -0.39 is 21.5 Å². The van der Waals surface area contributed by atoms with Crippen molar-refractivity contribution in [1.29, 1.82) is 0 Å². The Bertz CT molecular complexity index is 878. The zero-order valence-electron chi connectivity index (χ0n) is 18.7. The van der Waals surface area contributed by atoms with Crippen LogP contribution in [0.5, 0.6) is 0 Å². The van der Waals surface area contributed by atoms with E-state index in [0.717, 1.165) is 11.5 Å². The normalized spacial score (nSPS) is 26.6. The number of piperidine rings is 1. The Morgan fingerprint density at radius 2 is 1.58 bits per heavy atom. The Labute approximate surface area is 210 Å². The van der Waals surface area contributed by atoms with Crippen molar-refractivity contribution >= 4 is 15.8 Å². The number of carbonyl (C=O) groups is 1. The van der Waals surface area contributed by atoms with Crippen LogP contribution in [-0.4, -0.2) is 42.3 Å². The molecule has 1 aromatic rings. The van der Waals surface area contributed by atoms with Crippen LogP contribution in [0.15, 0.2) is 41.3 Å². The molecule has 0 amide bonds. The summed E-state index contributed by atoms with van der Waals surface area (Å²) in [5.41, 5.74) is -0.270. The molecule has 10 radical (unpaired) electrons. The summed E-state index contributed by atoms with van der Waals surface area (Å²) in [6.07, 6.45) is 20.8. The summed E-state index contributed by atoms with van der Waals surface area (Å²) in [5, 5.41) is 10.7. The second kappa shape index (κ2) is 12.6. The van der Waals surface area contributed by atoms with Crippen LogP contribution in [0.3, 0.4) is 0 Å². The fraction of sp³-hybridized carbons (Fsp3) is 0.269. The van der Waals surface area contributed by atoms with Crippen LogP contribution in [0.4, 0.5) is 0 Å². The van der Waals surface area contributed by atoms with Gasteiger partial charge in [0, 0.05) is 19.0 Å². The number of carbonyl (C=O) groups excluding carboxylic acids is 1. The molecule has 0 bridgehead atoms. The Balaban J connectivity index is 0.000000568. The predicted molar refractivity (Wildman–Crippen MR) is 125 cm³/mol. The Morgan fingerprint density at radius 1 is 1.03 bits per heavy atom. The van der Waals surface area contributed by atoms with Crippen molar-refractivity contribution in [2.24, 2.45) is 5.92 Å². The van der Waals surface area contributed by atoms with Crippen molar-refractivity contribution in [3.63, 3.8) is 0 Å². The zero-order valence-corrected chi connectivity index (χ0v) is 20.7. The molecule has 5 nitrogen and oxygen atoms in total. The maximum Gasteiger partial charge on any atom is 2.00 e.